The third kappa shape index (κ3) is 4.23. The lowest BCUT2D eigenvalue weighted by molar-refractivity contribution is 0.0954. The van der Waals surface area contributed by atoms with Gasteiger partial charge in [0.05, 0.1) is 6.54 Å². The first-order chi connectivity index (χ1) is 12.6. The highest BCUT2D eigenvalue weighted by Crippen LogP contribution is 2.17. The van der Waals surface area contributed by atoms with Crippen molar-refractivity contribution in [2.45, 2.75) is 24.9 Å². The molecule has 0 bridgehead atoms. The van der Waals surface area contributed by atoms with Crippen LogP contribution < -0.4 is 10.2 Å². The third-order valence-corrected chi connectivity index (χ3v) is 5.85. The first-order valence-electron chi connectivity index (χ1n) is 8.08. The van der Waals surface area contributed by atoms with Gasteiger partial charge in [-0.1, -0.05) is 29.5 Å². The molecule has 0 saturated carbocycles. The van der Waals surface area contributed by atoms with Crippen LogP contribution in [-0.2, 0) is 13.1 Å². The van der Waals surface area contributed by atoms with Crippen molar-refractivity contribution in [3.8, 4) is 0 Å². The van der Waals surface area contributed by atoms with Crippen molar-refractivity contribution >= 4 is 29.0 Å². The molecule has 0 aliphatic rings. The second-order valence-electron chi connectivity index (χ2n) is 5.76. The number of amides is 1. The molecule has 0 aliphatic heterocycles. The normalized spacial score (nSPS) is 10.7. The van der Waals surface area contributed by atoms with Crippen LogP contribution in [0.15, 0.2) is 58.5 Å². The van der Waals surface area contributed by atoms with Gasteiger partial charge >= 0.3 is 4.87 Å². The predicted octanol–water partition coefficient (Wildman–Crippen LogP) is 3.31. The zero-order chi connectivity index (χ0) is 18.5. The minimum atomic E-state index is -0.232. The van der Waals surface area contributed by atoms with Crippen molar-refractivity contribution in [1.29, 1.82) is 0 Å². The number of thiazole rings is 1. The lowest BCUT2D eigenvalue weighted by Gasteiger charge is -2.07. The molecule has 3 aromatic rings. The van der Waals surface area contributed by atoms with Gasteiger partial charge in [0.15, 0.2) is 0 Å². The third-order valence-electron chi connectivity index (χ3n) is 4.03. The summed E-state index contributed by atoms with van der Waals surface area (Å²) in [5.41, 5.74) is 2.64. The zero-order valence-electron chi connectivity index (χ0n) is 14.6. The zero-order valence-corrected chi connectivity index (χ0v) is 16.2. The fourth-order valence-corrected chi connectivity index (χ4v) is 3.87. The maximum absolute atomic E-state index is 12.5. The van der Waals surface area contributed by atoms with Gasteiger partial charge in [0.25, 0.3) is 5.91 Å². The minimum Gasteiger partial charge on any atom is -0.347 e. The molecule has 7 heteroatoms. The van der Waals surface area contributed by atoms with Gasteiger partial charge in [-0.25, -0.2) is 0 Å². The summed E-state index contributed by atoms with van der Waals surface area (Å²) in [4.78, 5) is 30.4. The first-order valence-corrected chi connectivity index (χ1v) is 10.1. The molecule has 3 rings (SSSR count). The van der Waals surface area contributed by atoms with Crippen LogP contribution in [0.3, 0.4) is 0 Å². The SMILES string of the molecule is CSc1ccc(Cn2c(C)c(C(=O)NCc3cccnc3)sc2=O)cc1. The number of hydrogen-bond acceptors (Lipinski definition) is 5. The summed E-state index contributed by atoms with van der Waals surface area (Å²) in [5, 5.41) is 2.85. The van der Waals surface area contributed by atoms with E-state index in [1.807, 2.05) is 49.6 Å². The molecule has 0 unspecified atom stereocenters. The van der Waals surface area contributed by atoms with Crippen molar-refractivity contribution in [2.75, 3.05) is 6.26 Å². The van der Waals surface area contributed by atoms with E-state index in [1.54, 1.807) is 28.7 Å². The van der Waals surface area contributed by atoms with E-state index in [2.05, 4.69) is 10.3 Å². The standard InChI is InChI=1S/C19H19N3O2S2/c1-13-17(18(23)21-11-15-4-3-9-20-10-15)26-19(24)22(13)12-14-5-7-16(25-2)8-6-14/h3-10H,11-12H2,1-2H3,(H,21,23). The lowest BCUT2D eigenvalue weighted by Crippen LogP contribution is -2.23. The van der Waals surface area contributed by atoms with Crippen LogP contribution in [0.5, 0.6) is 0 Å². The Morgan fingerprint density at radius 2 is 2.00 bits per heavy atom. The minimum absolute atomic E-state index is 0.122. The van der Waals surface area contributed by atoms with Crippen LogP contribution in [0.1, 0.15) is 26.5 Å². The highest BCUT2D eigenvalue weighted by Gasteiger charge is 2.17. The maximum Gasteiger partial charge on any atom is 0.308 e. The second-order valence-corrected chi connectivity index (χ2v) is 7.60. The molecule has 2 heterocycles. The Morgan fingerprint density at radius 3 is 2.65 bits per heavy atom. The molecule has 0 fully saturated rings. The van der Waals surface area contributed by atoms with Gasteiger partial charge in [-0.3, -0.25) is 19.1 Å². The predicted molar refractivity (Wildman–Crippen MR) is 106 cm³/mol. The number of nitrogens with one attached hydrogen (secondary N) is 1. The Labute approximate surface area is 160 Å². The fourth-order valence-electron chi connectivity index (χ4n) is 2.55. The monoisotopic (exact) mass is 385 g/mol. The quantitative estimate of drug-likeness (QED) is 0.661. The Hall–Kier alpha value is -2.38. The molecule has 0 spiro atoms. The molecule has 0 saturated heterocycles. The van der Waals surface area contributed by atoms with E-state index in [0.717, 1.165) is 22.5 Å². The average Bonchev–Trinajstić information content (AvgIpc) is 2.96. The van der Waals surface area contributed by atoms with E-state index in [9.17, 15) is 9.59 Å². The van der Waals surface area contributed by atoms with Crippen LogP contribution in [0.2, 0.25) is 0 Å². The topological polar surface area (TPSA) is 64.0 Å². The van der Waals surface area contributed by atoms with E-state index < -0.39 is 0 Å². The highest BCUT2D eigenvalue weighted by molar-refractivity contribution is 7.98. The number of thioether (sulfide) groups is 1. The van der Waals surface area contributed by atoms with Gasteiger partial charge in [0.2, 0.25) is 0 Å². The van der Waals surface area contributed by atoms with Crippen molar-refractivity contribution in [1.82, 2.24) is 14.9 Å². The van der Waals surface area contributed by atoms with Gasteiger partial charge < -0.3 is 5.32 Å². The van der Waals surface area contributed by atoms with Crippen molar-refractivity contribution in [3.05, 3.63) is 80.2 Å². The van der Waals surface area contributed by atoms with Crippen LogP contribution in [0.25, 0.3) is 0 Å². The van der Waals surface area contributed by atoms with Gasteiger partial charge in [0.1, 0.15) is 4.88 Å². The molecule has 5 nitrogen and oxygen atoms in total. The largest absolute Gasteiger partial charge is 0.347 e. The lowest BCUT2D eigenvalue weighted by atomic mass is 10.2. The summed E-state index contributed by atoms with van der Waals surface area (Å²) < 4.78 is 1.65. The Bertz CT molecular complexity index is 947. The molecule has 2 aromatic heterocycles. The van der Waals surface area contributed by atoms with E-state index in [1.165, 1.54) is 4.90 Å². The van der Waals surface area contributed by atoms with Crippen LogP contribution in [-0.4, -0.2) is 21.7 Å². The summed E-state index contributed by atoms with van der Waals surface area (Å²) in [7, 11) is 0. The second kappa shape index (κ2) is 8.33. The molecule has 26 heavy (non-hydrogen) atoms. The molecule has 0 aliphatic carbocycles. The van der Waals surface area contributed by atoms with Crippen molar-refractivity contribution in [3.63, 3.8) is 0 Å². The Kier molecular flexibility index (Phi) is 5.90. The molecule has 134 valence electrons. The van der Waals surface area contributed by atoms with Crippen molar-refractivity contribution in [2.24, 2.45) is 0 Å². The molecule has 1 N–H and O–H groups in total. The van der Waals surface area contributed by atoms with Gasteiger partial charge in [-0.15, -0.1) is 11.8 Å². The number of rotatable bonds is 6. The van der Waals surface area contributed by atoms with Gasteiger partial charge in [0, 0.05) is 29.5 Å². The average molecular weight is 386 g/mol. The molecule has 1 amide bonds. The Morgan fingerprint density at radius 1 is 1.23 bits per heavy atom. The van der Waals surface area contributed by atoms with Crippen LogP contribution >= 0.6 is 23.1 Å². The summed E-state index contributed by atoms with van der Waals surface area (Å²) in [6.45, 7) is 2.66. The number of pyridine rings is 1. The van der Waals surface area contributed by atoms with E-state index >= 15 is 0 Å². The molecular formula is C19H19N3O2S2. The Balaban J connectivity index is 1.74. The molecule has 1 aromatic carbocycles. The summed E-state index contributed by atoms with van der Waals surface area (Å²) in [6, 6.07) is 11.8. The van der Waals surface area contributed by atoms with Gasteiger partial charge in [-0.2, -0.15) is 0 Å². The summed E-state index contributed by atoms with van der Waals surface area (Å²) in [6.07, 6.45) is 5.42. The van der Waals surface area contributed by atoms with Crippen LogP contribution in [0, 0.1) is 6.92 Å². The number of hydrogen-bond donors (Lipinski definition) is 1. The van der Waals surface area contributed by atoms with Crippen molar-refractivity contribution < 1.29 is 4.79 Å². The number of carbonyl (C=O) groups is 1. The number of nitrogens with zero attached hydrogens (tertiary/aromatic N) is 2. The van der Waals surface area contributed by atoms with E-state index in [0.29, 0.717) is 23.7 Å². The summed E-state index contributed by atoms with van der Waals surface area (Å²) >= 11 is 2.66. The smallest absolute Gasteiger partial charge is 0.308 e. The molecule has 0 radical (unpaired) electrons. The number of benzene rings is 1. The fraction of sp³-hybridized carbons (Fsp3) is 0.211. The summed E-state index contributed by atoms with van der Waals surface area (Å²) in [5.74, 6) is -0.232. The maximum atomic E-state index is 12.5. The number of carbonyl (C=O) groups excluding carboxylic acids is 1. The van der Waals surface area contributed by atoms with E-state index in [-0.39, 0.29) is 10.8 Å². The molecule has 0 atom stereocenters. The van der Waals surface area contributed by atoms with E-state index in [4.69, 9.17) is 0 Å². The number of aromatic nitrogens is 2. The first kappa shape index (κ1) is 18.4. The van der Waals surface area contributed by atoms with Crippen LogP contribution in [0.4, 0.5) is 0 Å². The molecular weight excluding hydrogens is 366 g/mol. The highest BCUT2D eigenvalue weighted by atomic mass is 32.2. The van der Waals surface area contributed by atoms with Gasteiger partial charge in [-0.05, 0) is 42.5 Å².